The van der Waals surface area contributed by atoms with Crippen molar-refractivity contribution >= 4 is 5.97 Å². The molecular weight excluding hydrogens is 226 g/mol. The van der Waals surface area contributed by atoms with Gasteiger partial charge in [0.05, 0.1) is 11.3 Å². The van der Waals surface area contributed by atoms with Crippen LogP contribution in [0.15, 0.2) is 30.5 Å². The van der Waals surface area contributed by atoms with Gasteiger partial charge in [-0.3, -0.25) is 4.98 Å². The van der Waals surface area contributed by atoms with Gasteiger partial charge >= 0.3 is 5.97 Å². The number of aryl methyl sites for hydroxylation is 3. The molecule has 0 aliphatic heterocycles. The topological polar surface area (TPSA) is 50.2 Å². The first-order chi connectivity index (χ1) is 8.49. The van der Waals surface area contributed by atoms with Gasteiger partial charge < -0.3 is 5.11 Å². The SMILES string of the molecule is Cc1ccc(-c2cnc(C)c(C(=O)O)c2)cc1C. The molecule has 0 saturated heterocycles. The van der Waals surface area contributed by atoms with Crippen LogP contribution < -0.4 is 0 Å². The number of carboxylic acids is 1. The Kier molecular flexibility index (Phi) is 3.15. The number of hydrogen-bond acceptors (Lipinski definition) is 2. The highest BCUT2D eigenvalue weighted by Gasteiger charge is 2.10. The van der Waals surface area contributed by atoms with Crippen molar-refractivity contribution in [3.05, 3.63) is 52.8 Å². The van der Waals surface area contributed by atoms with Gasteiger partial charge in [0.1, 0.15) is 0 Å². The number of nitrogens with zero attached hydrogens (tertiary/aromatic N) is 1. The van der Waals surface area contributed by atoms with E-state index in [-0.39, 0.29) is 5.56 Å². The Morgan fingerprint density at radius 2 is 1.78 bits per heavy atom. The van der Waals surface area contributed by atoms with Crippen molar-refractivity contribution in [3.63, 3.8) is 0 Å². The number of hydrogen-bond donors (Lipinski definition) is 1. The third-order valence-electron chi connectivity index (χ3n) is 3.16. The summed E-state index contributed by atoms with van der Waals surface area (Å²) < 4.78 is 0. The number of aromatic nitrogens is 1. The summed E-state index contributed by atoms with van der Waals surface area (Å²) in [6, 6.07) is 7.74. The summed E-state index contributed by atoms with van der Waals surface area (Å²) in [7, 11) is 0. The Bertz CT molecular complexity index is 618. The smallest absolute Gasteiger partial charge is 0.337 e. The van der Waals surface area contributed by atoms with E-state index in [1.165, 1.54) is 11.1 Å². The van der Waals surface area contributed by atoms with Crippen LogP contribution in [0, 0.1) is 20.8 Å². The Hall–Kier alpha value is -2.16. The van der Waals surface area contributed by atoms with E-state index in [0.717, 1.165) is 11.1 Å². The maximum atomic E-state index is 11.1. The van der Waals surface area contributed by atoms with Gasteiger partial charge in [0.2, 0.25) is 0 Å². The molecule has 0 saturated carbocycles. The monoisotopic (exact) mass is 241 g/mol. The molecule has 1 heterocycles. The third-order valence-corrected chi connectivity index (χ3v) is 3.16. The molecule has 92 valence electrons. The molecule has 0 unspecified atom stereocenters. The van der Waals surface area contributed by atoms with E-state index in [9.17, 15) is 4.79 Å². The van der Waals surface area contributed by atoms with Crippen molar-refractivity contribution in [2.75, 3.05) is 0 Å². The molecule has 0 fully saturated rings. The molecule has 0 atom stereocenters. The zero-order valence-electron chi connectivity index (χ0n) is 10.7. The molecule has 0 radical (unpaired) electrons. The van der Waals surface area contributed by atoms with Crippen LogP contribution in [0.5, 0.6) is 0 Å². The van der Waals surface area contributed by atoms with Crippen molar-refractivity contribution in [1.29, 1.82) is 0 Å². The molecule has 0 bridgehead atoms. The van der Waals surface area contributed by atoms with E-state index in [2.05, 4.69) is 11.9 Å². The van der Waals surface area contributed by atoms with Crippen LogP contribution in [-0.2, 0) is 0 Å². The van der Waals surface area contributed by atoms with Crippen LogP contribution in [0.1, 0.15) is 27.2 Å². The van der Waals surface area contributed by atoms with Gasteiger partial charge in [-0.2, -0.15) is 0 Å². The second-order valence-electron chi connectivity index (χ2n) is 4.46. The molecule has 0 aliphatic carbocycles. The quantitative estimate of drug-likeness (QED) is 0.876. The van der Waals surface area contributed by atoms with Gasteiger partial charge in [-0.05, 0) is 43.5 Å². The van der Waals surface area contributed by atoms with E-state index in [4.69, 9.17) is 5.11 Å². The molecule has 1 N–H and O–H groups in total. The van der Waals surface area contributed by atoms with Crippen molar-refractivity contribution in [3.8, 4) is 11.1 Å². The van der Waals surface area contributed by atoms with Gasteiger partial charge in [0, 0.05) is 11.8 Å². The highest BCUT2D eigenvalue weighted by molar-refractivity contribution is 5.90. The molecule has 1 aromatic heterocycles. The minimum absolute atomic E-state index is 0.255. The van der Waals surface area contributed by atoms with Gasteiger partial charge in [-0.25, -0.2) is 4.79 Å². The van der Waals surface area contributed by atoms with Crippen LogP contribution in [-0.4, -0.2) is 16.1 Å². The zero-order chi connectivity index (χ0) is 13.3. The Balaban J connectivity index is 2.54. The summed E-state index contributed by atoms with van der Waals surface area (Å²) in [6.45, 7) is 5.79. The maximum absolute atomic E-state index is 11.1. The lowest BCUT2D eigenvalue weighted by molar-refractivity contribution is 0.0695. The lowest BCUT2D eigenvalue weighted by Gasteiger charge is -2.07. The Labute approximate surface area is 106 Å². The van der Waals surface area contributed by atoms with Gasteiger partial charge in [-0.15, -0.1) is 0 Å². The predicted molar refractivity (Wildman–Crippen MR) is 70.8 cm³/mol. The van der Waals surface area contributed by atoms with Crippen LogP contribution >= 0.6 is 0 Å². The number of aromatic carboxylic acids is 1. The second-order valence-corrected chi connectivity index (χ2v) is 4.46. The van der Waals surface area contributed by atoms with E-state index >= 15 is 0 Å². The molecule has 3 nitrogen and oxygen atoms in total. The van der Waals surface area contributed by atoms with Crippen molar-refractivity contribution in [1.82, 2.24) is 4.98 Å². The molecule has 0 amide bonds. The molecule has 2 rings (SSSR count). The van der Waals surface area contributed by atoms with Crippen molar-refractivity contribution < 1.29 is 9.90 Å². The molecule has 0 aliphatic rings. The first-order valence-electron chi connectivity index (χ1n) is 5.76. The fourth-order valence-corrected chi connectivity index (χ4v) is 1.83. The number of rotatable bonds is 2. The Morgan fingerprint density at radius 1 is 1.06 bits per heavy atom. The van der Waals surface area contributed by atoms with E-state index in [1.54, 1.807) is 19.2 Å². The van der Waals surface area contributed by atoms with E-state index < -0.39 is 5.97 Å². The average Bonchev–Trinajstić information content (AvgIpc) is 2.33. The highest BCUT2D eigenvalue weighted by Crippen LogP contribution is 2.23. The number of pyridine rings is 1. The largest absolute Gasteiger partial charge is 0.478 e. The van der Waals surface area contributed by atoms with Crippen LogP contribution in [0.3, 0.4) is 0 Å². The van der Waals surface area contributed by atoms with Gasteiger partial charge in [-0.1, -0.05) is 18.2 Å². The van der Waals surface area contributed by atoms with E-state index in [1.807, 2.05) is 25.1 Å². The van der Waals surface area contributed by atoms with Crippen molar-refractivity contribution in [2.24, 2.45) is 0 Å². The summed E-state index contributed by atoms with van der Waals surface area (Å²) in [4.78, 5) is 15.2. The Morgan fingerprint density at radius 3 is 2.39 bits per heavy atom. The number of carbonyl (C=O) groups is 1. The highest BCUT2D eigenvalue weighted by atomic mass is 16.4. The minimum Gasteiger partial charge on any atom is -0.478 e. The number of benzene rings is 1. The first-order valence-corrected chi connectivity index (χ1v) is 5.76. The summed E-state index contributed by atoms with van der Waals surface area (Å²) >= 11 is 0. The van der Waals surface area contributed by atoms with Crippen LogP contribution in [0.25, 0.3) is 11.1 Å². The molecule has 2 aromatic rings. The summed E-state index contributed by atoms with van der Waals surface area (Å²) in [5.74, 6) is -0.939. The fourth-order valence-electron chi connectivity index (χ4n) is 1.83. The maximum Gasteiger partial charge on any atom is 0.337 e. The van der Waals surface area contributed by atoms with Gasteiger partial charge in [0.25, 0.3) is 0 Å². The van der Waals surface area contributed by atoms with Crippen molar-refractivity contribution in [2.45, 2.75) is 20.8 Å². The second kappa shape index (κ2) is 4.61. The summed E-state index contributed by atoms with van der Waals surface area (Å²) in [5.41, 5.74) is 5.03. The lowest BCUT2D eigenvalue weighted by atomic mass is 10.00. The summed E-state index contributed by atoms with van der Waals surface area (Å²) in [5, 5.41) is 9.10. The summed E-state index contributed by atoms with van der Waals surface area (Å²) in [6.07, 6.45) is 1.71. The molecule has 1 aromatic carbocycles. The molecule has 3 heteroatoms. The first kappa shape index (κ1) is 12.3. The molecule has 0 spiro atoms. The van der Waals surface area contributed by atoms with Gasteiger partial charge in [0.15, 0.2) is 0 Å². The van der Waals surface area contributed by atoms with Crippen LogP contribution in [0.4, 0.5) is 0 Å². The third kappa shape index (κ3) is 2.25. The predicted octanol–water partition coefficient (Wildman–Crippen LogP) is 3.37. The standard InChI is InChI=1S/C15H15NO2/c1-9-4-5-12(6-10(9)2)13-7-14(15(17)18)11(3)16-8-13/h4-8H,1-3H3,(H,17,18). The molecule has 18 heavy (non-hydrogen) atoms. The minimum atomic E-state index is -0.939. The fraction of sp³-hybridized carbons (Fsp3) is 0.200. The van der Waals surface area contributed by atoms with Crippen LogP contribution in [0.2, 0.25) is 0 Å². The van der Waals surface area contributed by atoms with E-state index in [0.29, 0.717) is 5.69 Å². The normalized spacial score (nSPS) is 10.4. The lowest BCUT2D eigenvalue weighted by Crippen LogP contribution is -2.02. The molecular formula is C15H15NO2. The zero-order valence-corrected chi connectivity index (χ0v) is 10.7. The number of carboxylic acid groups (broad SMARTS) is 1. The average molecular weight is 241 g/mol.